The maximum Gasteiger partial charge on any atom is 0.214 e. The van der Waals surface area contributed by atoms with E-state index in [0.717, 1.165) is 11.1 Å². The molecule has 3 atom stereocenters. The molecule has 0 saturated carbocycles. The number of carbonyl (C=O) groups is 1. The number of ketones is 1. The topological polar surface area (TPSA) is 93.1 Å². The second-order valence-corrected chi connectivity index (χ2v) is 10.2. The van der Waals surface area contributed by atoms with Gasteiger partial charge in [0, 0.05) is 35.9 Å². The second-order valence-electron chi connectivity index (χ2n) is 8.12. The van der Waals surface area contributed by atoms with Crippen molar-refractivity contribution in [3.63, 3.8) is 0 Å². The van der Waals surface area contributed by atoms with Crippen LogP contribution < -0.4 is 4.74 Å². The van der Waals surface area contributed by atoms with Crippen LogP contribution in [0.5, 0.6) is 11.5 Å². The number of piperidine rings is 1. The van der Waals surface area contributed by atoms with E-state index in [-0.39, 0.29) is 41.4 Å². The van der Waals surface area contributed by atoms with E-state index in [9.17, 15) is 18.3 Å². The van der Waals surface area contributed by atoms with Gasteiger partial charge in [-0.1, -0.05) is 13.0 Å². The molecule has 1 fully saturated rings. The first-order valence-electron chi connectivity index (χ1n) is 9.97. The smallest absolute Gasteiger partial charge is 0.214 e. The van der Waals surface area contributed by atoms with Gasteiger partial charge in [-0.15, -0.1) is 0 Å². The van der Waals surface area contributed by atoms with Gasteiger partial charge in [0.25, 0.3) is 0 Å². The number of phenols is 1. The molecule has 29 heavy (non-hydrogen) atoms. The summed E-state index contributed by atoms with van der Waals surface area (Å²) in [6.45, 7) is 2.19. The van der Waals surface area contributed by atoms with E-state index in [4.69, 9.17) is 9.47 Å². The summed E-state index contributed by atoms with van der Waals surface area (Å²) in [4.78, 5) is 12.8. The molecule has 2 bridgehead atoms. The highest BCUT2D eigenvalue weighted by Gasteiger charge is 2.58. The maximum absolute atomic E-state index is 13.0. The average molecular weight is 422 g/mol. The fraction of sp³-hybridized carbons (Fsp3) is 0.571. The maximum atomic E-state index is 13.0. The fourth-order valence-corrected chi connectivity index (χ4v) is 7.28. The number of nitrogens with zero attached hydrogens (tertiary/aromatic N) is 1. The minimum absolute atomic E-state index is 0.0559. The van der Waals surface area contributed by atoms with Crippen molar-refractivity contribution in [3.05, 3.63) is 35.1 Å². The first-order chi connectivity index (χ1) is 13.8. The van der Waals surface area contributed by atoms with Crippen molar-refractivity contribution in [2.24, 2.45) is 5.92 Å². The number of hydrogen-bond donors (Lipinski definition) is 1. The van der Waals surface area contributed by atoms with Gasteiger partial charge in [0.05, 0.1) is 20.0 Å². The van der Waals surface area contributed by atoms with Crippen molar-refractivity contribution in [1.82, 2.24) is 4.31 Å². The van der Waals surface area contributed by atoms with E-state index in [2.05, 4.69) is 0 Å². The number of Topliss-reactive ketones (excluding diaryl/α,β-unsaturated/α-hetero) is 1. The van der Waals surface area contributed by atoms with Gasteiger partial charge < -0.3 is 14.6 Å². The van der Waals surface area contributed by atoms with Gasteiger partial charge >= 0.3 is 0 Å². The van der Waals surface area contributed by atoms with Gasteiger partial charge in [-0.05, 0) is 37.0 Å². The van der Waals surface area contributed by atoms with Crippen molar-refractivity contribution in [1.29, 1.82) is 0 Å². The molecule has 8 heteroatoms. The van der Waals surface area contributed by atoms with Crippen LogP contribution in [-0.4, -0.2) is 56.2 Å². The minimum atomic E-state index is -3.41. The molecule has 158 valence electrons. The summed E-state index contributed by atoms with van der Waals surface area (Å²) < 4.78 is 38.2. The molecule has 3 aliphatic rings. The van der Waals surface area contributed by atoms with Crippen LogP contribution in [0.15, 0.2) is 24.0 Å². The highest BCUT2D eigenvalue weighted by atomic mass is 32.2. The van der Waals surface area contributed by atoms with Crippen LogP contribution in [-0.2, 0) is 31.4 Å². The summed E-state index contributed by atoms with van der Waals surface area (Å²) in [6, 6.07) is 3.28. The number of rotatable bonds is 5. The number of benzene rings is 1. The number of ether oxygens (including phenoxy) is 2. The summed E-state index contributed by atoms with van der Waals surface area (Å²) in [6.07, 6.45) is 3.46. The Morgan fingerprint density at radius 1 is 1.28 bits per heavy atom. The first kappa shape index (κ1) is 20.2. The van der Waals surface area contributed by atoms with Crippen LogP contribution >= 0.6 is 0 Å². The first-order valence-corrected chi connectivity index (χ1v) is 11.6. The van der Waals surface area contributed by atoms with Crippen LogP contribution in [0.2, 0.25) is 0 Å². The minimum Gasteiger partial charge on any atom is -0.504 e. The predicted molar refractivity (Wildman–Crippen MR) is 107 cm³/mol. The molecule has 1 aromatic rings. The summed E-state index contributed by atoms with van der Waals surface area (Å²) in [5.41, 5.74) is 0.946. The van der Waals surface area contributed by atoms with Gasteiger partial charge in [0.1, 0.15) is 0 Å². The van der Waals surface area contributed by atoms with Crippen LogP contribution in [0.1, 0.15) is 37.3 Å². The molecule has 1 unspecified atom stereocenters. The number of allylic oxidation sites excluding steroid dienone is 1. The lowest BCUT2D eigenvalue weighted by Gasteiger charge is -2.56. The fourth-order valence-electron chi connectivity index (χ4n) is 5.54. The molecule has 1 aliphatic heterocycles. The lowest BCUT2D eigenvalue weighted by molar-refractivity contribution is -0.122. The molecule has 1 saturated heterocycles. The molecule has 1 aromatic carbocycles. The predicted octanol–water partition coefficient (Wildman–Crippen LogP) is 2.13. The van der Waals surface area contributed by atoms with Crippen molar-refractivity contribution < 1.29 is 27.8 Å². The normalized spacial score (nSPS) is 28.9. The van der Waals surface area contributed by atoms with Gasteiger partial charge in [-0.2, -0.15) is 4.31 Å². The number of phenolic OH excluding ortho intramolecular Hbond substituents is 1. The Labute approximate surface area is 171 Å². The Balaban J connectivity index is 1.93. The molecular weight excluding hydrogens is 394 g/mol. The Morgan fingerprint density at radius 2 is 2.03 bits per heavy atom. The number of aromatic hydroxyl groups is 1. The Kier molecular flexibility index (Phi) is 4.90. The standard InChI is InChI=1S/C21H27NO6S/c1-4-9-29(25,26)22-8-7-21-12-16(23)18(28-3)11-14(21)15(22)10-13-5-6-17(27-2)20(24)19(13)21/h5-6,11,14-15,24H,4,7-10,12H2,1-3H3/t14?,15-,21+/m0/s1. The lowest BCUT2D eigenvalue weighted by atomic mass is 9.54. The van der Waals surface area contributed by atoms with Crippen LogP contribution in [0, 0.1) is 5.92 Å². The van der Waals surface area contributed by atoms with Gasteiger partial charge in [-0.3, -0.25) is 4.79 Å². The molecule has 2 aliphatic carbocycles. The van der Waals surface area contributed by atoms with E-state index in [1.807, 2.05) is 13.0 Å². The van der Waals surface area contributed by atoms with Gasteiger partial charge in [0.15, 0.2) is 23.0 Å². The van der Waals surface area contributed by atoms with Crippen molar-refractivity contribution in [2.45, 2.75) is 44.1 Å². The molecule has 0 aromatic heterocycles. The number of sulfonamides is 1. The zero-order valence-electron chi connectivity index (χ0n) is 17.0. The van der Waals surface area contributed by atoms with Crippen molar-refractivity contribution in [2.75, 3.05) is 26.5 Å². The van der Waals surface area contributed by atoms with Crippen LogP contribution in [0.3, 0.4) is 0 Å². The largest absolute Gasteiger partial charge is 0.504 e. The molecule has 0 amide bonds. The highest BCUT2D eigenvalue weighted by Crippen LogP contribution is 2.58. The SMILES string of the molecule is CCCS(=O)(=O)N1CC[C@@]23CC(=O)C(OC)=CC2[C@@H]1Cc1ccc(OC)c(O)c13. The van der Waals surface area contributed by atoms with E-state index < -0.39 is 15.4 Å². The molecule has 0 spiro atoms. The lowest BCUT2D eigenvalue weighted by Crippen LogP contribution is -2.62. The summed E-state index contributed by atoms with van der Waals surface area (Å²) >= 11 is 0. The summed E-state index contributed by atoms with van der Waals surface area (Å²) in [5, 5.41) is 11.0. The molecule has 0 radical (unpaired) electrons. The third-order valence-corrected chi connectivity index (χ3v) is 8.79. The monoisotopic (exact) mass is 421 g/mol. The van der Waals surface area contributed by atoms with Crippen LogP contribution in [0.4, 0.5) is 0 Å². The van der Waals surface area contributed by atoms with E-state index >= 15 is 0 Å². The Bertz CT molecular complexity index is 985. The Morgan fingerprint density at radius 3 is 2.69 bits per heavy atom. The molecule has 7 nitrogen and oxygen atoms in total. The van der Waals surface area contributed by atoms with Gasteiger partial charge in [-0.25, -0.2) is 8.42 Å². The molecule has 1 N–H and O–H groups in total. The molecular formula is C21H27NO6S. The number of hydrogen-bond acceptors (Lipinski definition) is 6. The van der Waals surface area contributed by atoms with Crippen molar-refractivity contribution >= 4 is 15.8 Å². The molecule has 4 rings (SSSR count). The van der Waals surface area contributed by atoms with Gasteiger partial charge in [0.2, 0.25) is 10.0 Å². The zero-order valence-corrected chi connectivity index (χ0v) is 17.8. The van der Waals surface area contributed by atoms with E-state index in [1.54, 1.807) is 16.4 Å². The average Bonchev–Trinajstić information content (AvgIpc) is 2.66. The number of fused-ring (bicyclic) bond motifs is 1. The summed E-state index contributed by atoms with van der Waals surface area (Å²) in [5.74, 6) is 0.425. The number of methoxy groups -OCH3 is 2. The van der Waals surface area contributed by atoms with E-state index in [1.165, 1.54) is 14.2 Å². The van der Waals surface area contributed by atoms with Crippen LogP contribution in [0.25, 0.3) is 0 Å². The summed E-state index contributed by atoms with van der Waals surface area (Å²) in [7, 11) is -0.454. The quantitative estimate of drug-likeness (QED) is 0.783. The third kappa shape index (κ3) is 2.87. The third-order valence-electron chi connectivity index (χ3n) is 6.70. The Hall–Kier alpha value is -2.06. The highest BCUT2D eigenvalue weighted by molar-refractivity contribution is 7.89. The van der Waals surface area contributed by atoms with E-state index in [0.29, 0.717) is 31.6 Å². The zero-order chi connectivity index (χ0) is 21.0. The second kappa shape index (κ2) is 7.02. The molecule has 1 heterocycles. The number of carbonyl (C=O) groups excluding carboxylic acids is 1. The van der Waals surface area contributed by atoms with Crippen molar-refractivity contribution in [3.8, 4) is 11.5 Å².